The van der Waals surface area contributed by atoms with Gasteiger partial charge in [-0.15, -0.1) is 0 Å². The summed E-state index contributed by atoms with van der Waals surface area (Å²) in [4.78, 5) is 14.5. The standard InChI is InChI=1S/C20H30N2O3/c1-15(16-8-6-5-7-9-16)22-12-17-10-11-24-20(17,14-22)13-21-18(23)25-19(2,3)4/h5-9,15,17H,10-14H2,1-4H3,(H,21,23)/t15?,17?,20-/m0/s1. The van der Waals surface area contributed by atoms with Crippen LogP contribution in [0.15, 0.2) is 30.3 Å². The molecular formula is C20H30N2O3. The van der Waals surface area contributed by atoms with Gasteiger partial charge in [0.15, 0.2) is 0 Å². The molecule has 0 aliphatic carbocycles. The third-order valence-corrected chi connectivity index (χ3v) is 5.29. The molecule has 138 valence electrons. The fourth-order valence-electron chi connectivity index (χ4n) is 3.93. The summed E-state index contributed by atoms with van der Waals surface area (Å²) in [7, 11) is 0. The van der Waals surface area contributed by atoms with Crippen molar-refractivity contribution >= 4 is 6.09 Å². The molecule has 0 radical (unpaired) electrons. The van der Waals surface area contributed by atoms with Crippen molar-refractivity contribution in [2.45, 2.75) is 51.4 Å². The SMILES string of the molecule is CC(c1ccccc1)N1CC2CCO[C@@]2(CNC(=O)OC(C)(C)C)C1. The van der Waals surface area contributed by atoms with Crippen molar-refractivity contribution in [2.75, 3.05) is 26.2 Å². The van der Waals surface area contributed by atoms with E-state index in [4.69, 9.17) is 9.47 Å². The number of hydrogen-bond donors (Lipinski definition) is 1. The second kappa shape index (κ2) is 6.96. The normalized spacial score (nSPS) is 27.8. The highest BCUT2D eigenvalue weighted by Crippen LogP contribution is 2.41. The van der Waals surface area contributed by atoms with Crippen LogP contribution >= 0.6 is 0 Å². The third kappa shape index (κ3) is 4.15. The van der Waals surface area contributed by atoms with E-state index in [1.54, 1.807) is 0 Å². The molecule has 5 heteroatoms. The molecule has 2 aliphatic heterocycles. The molecule has 3 rings (SSSR count). The Morgan fingerprint density at radius 2 is 2.12 bits per heavy atom. The van der Waals surface area contributed by atoms with Gasteiger partial charge in [-0.1, -0.05) is 30.3 Å². The zero-order chi connectivity index (χ0) is 18.1. The molecule has 2 aliphatic rings. The first-order valence-electron chi connectivity index (χ1n) is 9.19. The molecule has 0 saturated carbocycles. The maximum Gasteiger partial charge on any atom is 0.407 e. The molecule has 2 unspecified atom stereocenters. The first-order valence-corrected chi connectivity index (χ1v) is 9.19. The van der Waals surface area contributed by atoms with Gasteiger partial charge in [0.05, 0.1) is 6.54 Å². The van der Waals surface area contributed by atoms with Crippen molar-refractivity contribution in [3.8, 4) is 0 Å². The van der Waals surface area contributed by atoms with Crippen LogP contribution in [0.1, 0.15) is 45.7 Å². The number of hydrogen-bond acceptors (Lipinski definition) is 4. The van der Waals surface area contributed by atoms with Crippen molar-refractivity contribution in [3.05, 3.63) is 35.9 Å². The van der Waals surface area contributed by atoms with E-state index in [1.807, 2.05) is 26.8 Å². The van der Waals surface area contributed by atoms with E-state index in [0.717, 1.165) is 26.1 Å². The quantitative estimate of drug-likeness (QED) is 0.908. The number of rotatable bonds is 4. The van der Waals surface area contributed by atoms with Crippen LogP contribution in [0.5, 0.6) is 0 Å². The molecule has 0 spiro atoms. The van der Waals surface area contributed by atoms with E-state index in [0.29, 0.717) is 18.5 Å². The van der Waals surface area contributed by atoms with Gasteiger partial charge in [-0.25, -0.2) is 4.79 Å². The molecular weight excluding hydrogens is 316 g/mol. The number of nitrogens with zero attached hydrogens (tertiary/aromatic N) is 1. The van der Waals surface area contributed by atoms with Crippen LogP contribution in [0.4, 0.5) is 4.79 Å². The molecule has 25 heavy (non-hydrogen) atoms. The van der Waals surface area contributed by atoms with Crippen LogP contribution in [-0.2, 0) is 9.47 Å². The Bertz CT molecular complexity index is 599. The lowest BCUT2D eigenvalue weighted by molar-refractivity contribution is -0.0114. The van der Waals surface area contributed by atoms with Crippen molar-refractivity contribution in [1.29, 1.82) is 0 Å². The molecule has 0 bridgehead atoms. The minimum absolute atomic E-state index is 0.292. The lowest BCUT2D eigenvalue weighted by atomic mass is 9.91. The average molecular weight is 346 g/mol. The number of nitrogens with one attached hydrogen (secondary N) is 1. The lowest BCUT2D eigenvalue weighted by Gasteiger charge is -2.31. The largest absolute Gasteiger partial charge is 0.444 e. The highest BCUT2D eigenvalue weighted by atomic mass is 16.6. The van der Waals surface area contributed by atoms with Gasteiger partial charge in [-0.05, 0) is 39.7 Å². The molecule has 2 heterocycles. The van der Waals surface area contributed by atoms with Gasteiger partial charge in [0.25, 0.3) is 0 Å². The summed E-state index contributed by atoms with van der Waals surface area (Å²) in [5.41, 5.74) is 0.541. The second-order valence-electron chi connectivity index (χ2n) is 8.27. The zero-order valence-corrected chi connectivity index (χ0v) is 15.7. The highest BCUT2D eigenvalue weighted by Gasteiger charge is 2.52. The van der Waals surface area contributed by atoms with Gasteiger partial charge in [-0.3, -0.25) is 4.90 Å². The Kier molecular flexibility index (Phi) is 5.07. The van der Waals surface area contributed by atoms with Gasteiger partial charge >= 0.3 is 6.09 Å². The lowest BCUT2D eigenvalue weighted by Crippen LogP contribution is -2.49. The van der Waals surface area contributed by atoms with Crippen molar-refractivity contribution in [2.24, 2.45) is 5.92 Å². The summed E-state index contributed by atoms with van der Waals surface area (Å²) >= 11 is 0. The molecule has 1 aromatic rings. The molecule has 3 atom stereocenters. The molecule has 2 fully saturated rings. The van der Waals surface area contributed by atoms with Crippen LogP contribution < -0.4 is 5.32 Å². The number of fused-ring (bicyclic) bond motifs is 1. The van der Waals surface area contributed by atoms with Crippen molar-refractivity contribution in [1.82, 2.24) is 10.2 Å². The number of amides is 1. The van der Waals surface area contributed by atoms with E-state index in [2.05, 4.69) is 41.4 Å². The summed E-state index contributed by atoms with van der Waals surface area (Å²) < 4.78 is 11.5. The Morgan fingerprint density at radius 1 is 1.40 bits per heavy atom. The molecule has 1 amide bonds. The first-order chi connectivity index (χ1) is 11.8. The van der Waals surface area contributed by atoms with Crippen molar-refractivity contribution in [3.63, 3.8) is 0 Å². The summed E-state index contributed by atoms with van der Waals surface area (Å²) in [6, 6.07) is 10.9. The molecule has 1 N–H and O–H groups in total. The van der Waals surface area contributed by atoms with E-state index in [1.165, 1.54) is 5.56 Å². The van der Waals surface area contributed by atoms with Crippen LogP contribution in [-0.4, -0.2) is 48.4 Å². The predicted molar refractivity (Wildman–Crippen MR) is 97.5 cm³/mol. The number of carbonyl (C=O) groups excluding carboxylic acids is 1. The van der Waals surface area contributed by atoms with E-state index < -0.39 is 5.60 Å². The molecule has 1 aromatic carbocycles. The Balaban J connectivity index is 1.63. The summed E-state index contributed by atoms with van der Waals surface area (Å²) in [6.07, 6.45) is 0.680. The summed E-state index contributed by atoms with van der Waals surface area (Å²) in [5, 5.41) is 2.93. The monoisotopic (exact) mass is 346 g/mol. The second-order valence-corrected chi connectivity index (χ2v) is 8.27. The van der Waals surface area contributed by atoms with Crippen LogP contribution in [0.25, 0.3) is 0 Å². The Hall–Kier alpha value is -1.59. The van der Waals surface area contributed by atoms with E-state index in [9.17, 15) is 4.79 Å². The minimum atomic E-state index is -0.485. The molecule has 2 saturated heterocycles. The van der Waals surface area contributed by atoms with Crippen molar-refractivity contribution < 1.29 is 14.3 Å². The van der Waals surface area contributed by atoms with Gasteiger partial charge < -0.3 is 14.8 Å². The van der Waals surface area contributed by atoms with Gasteiger partial charge in [0.1, 0.15) is 11.2 Å². The Labute approximate surface area is 150 Å². The van der Waals surface area contributed by atoms with Crippen LogP contribution in [0, 0.1) is 5.92 Å². The topological polar surface area (TPSA) is 50.8 Å². The Morgan fingerprint density at radius 3 is 2.80 bits per heavy atom. The molecule has 5 nitrogen and oxygen atoms in total. The van der Waals surface area contributed by atoms with Gasteiger partial charge in [0, 0.05) is 31.7 Å². The summed E-state index contributed by atoms with van der Waals surface area (Å²) in [5.74, 6) is 0.452. The minimum Gasteiger partial charge on any atom is -0.444 e. The fraction of sp³-hybridized carbons (Fsp3) is 0.650. The van der Waals surface area contributed by atoms with E-state index in [-0.39, 0.29) is 11.7 Å². The number of carbonyl (C=O) groups is 1. The van der Waals surface area contributed by atoms with Crippen LogP contribution in [0.3, 0.4) is 0 Å². The third-order valence-electron chi connectivity index (χ3n) is 5.29. The average Bonchev–Trinajstić information content (AvgIpc) is 3.09. The highest BCUT2D eigenvalue weighted by molar-refractivity contribution is 5.67. The van der Waals surface area contributed by atoms with Crippen LogP contribution in [0.2, 0.25) is 0 Å². The predicted octanol–water partition coefficient (Wildman–Crippen LogP) is 3.36. The number of likely N-dealkylation sites (tertiary alicyclic amines) is 1. The number of benzene rings is 1. The zero-order valence-electron chi connectivity index (χ0n) is 15.7. The summed E-state index contributed by atoms with van der Waals surface area (Å²) in [6.45, 7) is 11.0. The maximum absolute atomic E-state index is 12.0. The smallest absolute Gasteiger partial charge is 0.407 e. The maximum atomic E-state index is 12.0. The number of ether oxygens (including phenoxy) is 2. The number of alkyl carbamates (subject to hydrolysis) is 1. The fourth-order valence-corrected chi connectivity index (χ4v) is 3.93. The van der Waals surface area contributed by atoms with Gasteiger partial charge in [0.2, 0.25) is 0 Å². The first kappa shape index (κ1) is 18.2. The van der Waals surface area contributed by atoms with Gasteiger partial charge in [-0.2, -0.15) is 0 Å². The van der Waals surface area contributed by atoms with E-state index >= 15 is 0 Å². The molecule has 0 aromatic heterocycles.